The number of nitrogens with one attached hydrogen (secondary N) is 1. The van der Waals surface area contributed by atoms with Crippen molar-refractivity contribution in [1.82, 2.24) is 9.97 Å². The number of aromatic amines is 1. The molecule has 0 aliphatic heterocycles. The van der Waals surface area contributed by atoms with Gasteiger partial charge in [-0.3, -0.25) is 0 Å². The Morgan fingerprint density at radius 2 is 2.20 bits per heavy atom. The molecular formula is C4H6Br2N2O2. The third-order valence-corrected chi connectivity index (χ3v) is 0.729. The van der Waals surface area contributed by atoms with Crippen LogP contribution in [0.4, 0.5) is 0 Å². The summed E-state index contributed by atoms with van der Waals surface area (Å²) < 4.78 is 0. The molecule has 0 spiro atoms. The quantitative estimate of drug-likeness (QED) is 0.810. The standard InChI is InChI=1S/C4H4N2O2.2BrH/c7-4(8)3-1-5-2-6-3;;/h1-2H,(H,5,6)(H,7,8);2*1H. The number of nitrogens with zero attached hydrogens (tertiary/aromatic N) is 1. The average Bonchev–Trinajstić information content (AvgIpc) is 2.12. The molecule has 0 aliphatic carbocycles. The number of carbonyl (C=O) groups is 1. The van der Waals surface area contributed by atoms with Crippen molar-refractivity contribution in [3.8, 4) is 0 Å². The Morgan fingerprint density at radius 3 is 2.40 bits per heavy atom. The van der Waals surface area contributed by atoms with Gasteiger partial charge in [-0.25, -0.2) is 9.78 Å². The first-order chi connectivity index (χ1) is 3.80. The lowest BCUT2D eigenvalue weighted by atomic mass is 10.5. The molecule has 0 unspecified atom stereocenters. The van der Waals surface area contributed by atoms with Crippen LogP contribution in [-0.2, 0) is 0 Å². The summed E-state index contributed by atoms with van der Waals surface area (Å²) in [6.45, 7) is 0. The van der Waals surface area contributed by atoms with Gasteiger partial charge in [0.25, 0.3) is 0 Å². The molecule has 1 heterocycles. The lowest BCUT2D eigenvalue weighted by Crippen LogP contribution is -1.94. The fraction of sp³-hybridized carbons (Fsp3) is 0. The molecule has 0 amide bonds. The van der Waals surface area contributed by atoms with Crippen LogP contribution >= 0.6 is 34.0 Å². The molecule has 0 saturated heterocycles. The van der Waals surface area contributed by atoms with E-state index in [1.54, 1.807) is 0 Å². The van der Waals surface area contributed by atoms with Gasteiger partial charge in [0, 0.05) is 0 Å². The largest absolute Gasteiger partial charge is 0.477 e. The highest BCUT2D eigenvalue weighted by Crippen LogP contribution is 1.87. The maximum absolute atomic E-state index is 9.99. The number of H-pyrrole nitrogens is 1. The lowest BCUT2D eigenvalue weighted by Gasteiger charge is -1.79. The zero-order valence-electron chi connectivity index (χ0n) is 4.77. The van der Waals surface area contributed by atoms with E-state index in [1.165, 1.54) is 12.5 Å². The van der Waals surface area contributed by atoms with Crippen LogP contribution in [0.25, 0.3) is 0 Å². The van der Waals surface area contributed by atoms with Gasteiger partial charge in [0.15, 0.2) is 0 Å². The van der Waals surface area contributed by atoms with E-state index < -0.39 is 5.97 Å². The van der Waals surface area contributed by atoms with Crippen LogP contribution in [0.3, 0.4) is 0 Å². The highest BCUT2D eigenvalue weighted by atomic mass is 79.9. The average molecular weight is 274 g/mol. The molecule has 0 atom stereocenters. The second kappa shape index (κ2) is 5.43. The van der Waals surface area contributed by atoms with E-state index >= 15 is 0 Å². The third kappa shape index (κ3) is 2.98. The first-order valence-corrected chi connectivity index (χ1v) is 2.02. The van der Waals surface area contributed by atoms with Crippen LogP contribution in [-0.4, -0.2) is 21.0 Å². The van der Waals surface area contributed by atoms with Gasteiger partial charge in [-0.05, 0) is 0 Å². The molecule has 0 saturated carbocycles. The summed E-state index contributed by atoms with van der Waals surface area (Å²) in [4.78, 5) is 15.9. The van der Waals surface area contributed by atoms with Crippen LogP contribution in [0, 0.1) is 0 Å². The molecule has 1 aromatic heterocycles. The molecule has 1 aromatic rings. The van der Waals surface area contributed by atoms with E-state index in [0.29, 0.717) is 0 Å². The molecule has 0 aromatic carbocycles. The normalized spacial score (nSPS) is 7.20. The van der Waals surface area contributed by atoms with E-state index in [1.807, 2.05) is 0 Å². The predicted molar refractivity (Wildman–Crippen MR) is 46.2 cm³/mol. The van der Waals surface area contributed by atoms with E-state index in [0.717, 1.165) is 0 Å². The van der Waals surface area contributed by atoms with Crippen LogP contribution in [0.5, 0.6) is 0 Å². The van der Waals surface area contributed by atoms with Crippen LogP contribution in [0.15, 0.2) is 12.5 Å². The SMILES string of the molecule is Br.Br.O=C(O)c1cnc[nH]1. The number of halogens is 2. The van der Waals surface area contributed by atoms with Crippen molar-refractivity contribution in [2.45, 2.75) is 0 Å². The monoisotopic (exact) mass is 272 g/mol. The first kappa shape index (κ1) is 12.3. The van der Waals surface area contributed by atoms with E-state index in [-0.39, 0.29) is 39.7 Å². The molecule has 0 bridgehead atoms. The van der Waals surface area contributed by atoms with Crippen LogP contribution in [0.1, 0.15) is 10.5 Å². The van der Waals surface area contributed by atoms with Gasteiger partial charge in [-0.15, -0.1) is 34.0 Å². The third-order valence-electron chi connectivity index (χ3n) is 0.729. The van der Waals surface area contributed by atoms with E-state index in [9.17, 15) is 4.79 Å². The number of aromatic nitrogens is 2. The molecule has 1 rings (SSSR count). The summed E-state index contributed by atoms with van der Waals surface area (Å²) >= 11 is 0. The smallest absolute Gasteiger partial charge is 0.353 e. The number of hydrogen-bond donors (Lipinski definition) is 2. The minimum Gasteiger partial charge on any atom is -0.477 e. The number of carboxylic acid groups (broad SMARTS) is 1. The Kier molecular flexibility index (Phi) is 6.69. The van der Waals surface area contributed by atoms with Crippen molar-refractivity contribution >= 4 is 39.9 Å². The van der Waals surface area contributed by atoms with Crippen molar-refractivity contribution in [1.29, 1.82) is 0 Å². The topological polar surface area (TPSA) is 66.0 Å². The Balaban J connectivity index is 0. The number of hydrogen-bond acceptors (Lipinski definition) is 2. The van der Waals surface area contributed by atoms with E-state index in [4.69, 9.17) is 5.11 Å². The maximum atomic E-state index is 9.99. The summed E-state index contributed by atoms with van der Waals surface area (Å²) in [7, 11) is 0. The number of aromatic carboxylic acids is 1. The van der Waals surface area contributed by atoms with Gasteiger partial charge in [0.05, 0.1) is 12.5 Å². The zero-order valence-corrected chi connectivity index (χ0v) is 8.20. The molecule has 10 heavy (non-hydrogen) atoms. The molecule has 58 valence electrons. The fourth-order valence-corrected chi connectivity index (χ4v) is 0.373. The van der Waals surface area contributed by atoms with Crippen molar-refractivity contribution in [2.24, 2.45) is 0 Å². The molecule has 0 radical (unpaired) electrons. The highest BCUT2D eigenvalue weighted by molar-refractivity contribution is 8.93. The summed E-state index contributed by atoms with van der Waals surface area (Å²) in [6, 6.07) is 0. The molecule has 0 aliphatic rings. The van der Waals surface area contributed by atoms with Crippen LogP contribution in [0.2, 0.25) is 0 Å². The van der Waals surface area contributed by atoms with Crippen molar-refractivity contribution in [3.63, 3.8) is 0 Å². The van der Waals surface area contributed by atoms with E-state index in [2.05, 4.69) is 9.97 Å². The van der Waals surface area contributed by atoms with Gasteiger partial charge in [-0.2, -0.15) is 0 Å². The van der Waals surface area contributed by atoms with Gasteiger partial charge in [0.1, 0.15) is 5.69 Å². The van der Waals surface area contributed by atoms with Gasteiger partial charge in [0.2, 0.25) is 0 Å². The lowest BCUT2D eigenvalue weighted by molar-refractivity contribution is 0.0691. The molecule has 0 fully saturated rings. The fourth-order valence-electron chi connectivity index (χ4n) is 0.373. The van der Waals surface area contributed by atoms with Crippen LogP contribution < -0.4 is 0 Å². The molecule has 2 N–H and O–H groups in total. The van der Waals surface area contributed by atoms with Crippen molar-refractivity contribution in [3.05, 3.63) is 18.2 Å². The minimum absolute atomic E-state index is 0. The first-order valence-electron chi connectivity index (χ1n) is 2.02. The second-order valence-corrected chi connectivity index (χ2v) is 1.27. The van der Waals surface area contributed by atoms with Crippen molar-refractivity contribution < 1.29 is 9.90 Å². The van der Waals surface area contributed by atoms with Gasteiger partial charge >= 0.3 is 5.97 Å². The highest BCUT2D eigenvalue weighted by Gasteiger charge is 1.99. The summed E-state index contributed by atoms with van der Waals surface area (Å²) in [5.41, 5.74) is 0.116. The Labute approximate surface area is 78.2 Å². The maximum Gasteiger partial charge on any atom is 0.353 e. The Bertz CT molecular complexity index is 187. The Hall–Kier alpha value is -0.360. The summed E-state index contributed by atoms with van der Waals surface area (Å²) in [5, 5.41) is 8.20. The van der Waals surface area contributed by atoms with Crippen molar-refractivity contribution in [2.75, 3.05) is 0 Å². The predicted octanol–water partition coefficient (Wildman–Crippen LogP) is 1.26. The molecule has 4 nitrogen and oxygen atoms in total. The second-order valence-electron chi connectivity index (χ2n) is 1.27. The molecule has 6 heteroatoms. The minimum atomic E-state index is -0.984. The van der Waals surface area contributed by atoms with Gasteiger partial charge < -0.3 is 10.1 Å². The zero-order chi connectivity index (χ0) is 5.98. The Morgan fingerprint density at radius 1 is 1.60 bits per heavy atom. The number of rotatable bonds is 1. The summed E-state index contributed by atoms with van der Waals surface area (Å²) in [5.74, 6) is -0.984. The summed E-state index contributed by atoms with van der Waals surface area (Å²) in [6.07, 6.45) is 2.58. The molecular weight excluding hydrogens is 268 g/mol. The number of carboxylic acids is 1. The van der Waals surface area contributed by atoms with Gasteiger partial charge in [-0.1, -0.05) is 0 Å². The number of imidazole rings is 1.